The van der Waals surface area contributed by atoms with E-state index < -0.39 is 18.5 Å². The zero-order valence-electron chi connectivity index (χ0n) is 11.1. The van der Waals surface area contributed by atoms with Crippen molar-refractivity contribution in [1.29, 1.82) is 0 Å². The van der Waals surface area contributed by atoms with E-state index in [1.54, 1.807) is 6.20 Å². The fraction of sp³-hybridized carbons (Fsp3) is 0.154. The van der Waals surface area contributed by atoms with Crippen LogP contribution in [0.4, 0.5) is 4.79 Å². The van der Waals surface area contributed by atoms with Crippen molar-refractivity contribution in [3.63, 3.8) is 0 Å². The second-order valence-corrected chi connectivity index (χ2v) is 3.90. The average Bonchev–Trinajstić information content (AvgIpc) is 2.42. The Hall–Kier alpha value is -0.994. The van der Waals surface area contributed by atoms with Gasteiger partial charge in [0, 0.05) is 18.1 Å². The van der Waals surface area contributed by atoms with Gasteiger partial charge in [0.2, 0.25) is 0 Å². The summed E-state index contributed by atoms with van der Waals surface area (Å²) in [5.41, 5.74) is 1.67. The van der Waals surface area contributed by atoms with Gasteiger partial charge >= 0.3 is 57.4 Å². The van der Waals surface area contributed by atoms with Crippen molar-refractivity contribution in [3.8, 4) is 0 Å². The van der Waals surface area contributed by atoms with Gasteiger partial charge < -0.3 is 20.5 Å². The van der Waals surface area contributed by atoms with Crippen molar-refractivity contribution in [1.82, 2.24) is 15.6 Å². The third kappa shape index (κ3) is 4.84. The summed E-state index contributed by atoms with van der Waals surface area (Å²) in [7, 11) is 0. The summed E-state index contributed by atoms with van der Waals surface area (Å²) < 4.78 is 0. The Labute approximate surface area is 158 Å². The van der Waals surface area contributed by atoms with E-state index in [9.17, 15) is 14.7 Å². The van der Waals surface area contributed by atoms with Crippen LogP contribution >= 0.6 is 0 Å². The molecule has 1 heterocycles. The van der Waals surface area contributed by atoms with Gasteiger partial charge in [0.25, 0.3) is 0 Å². The molecule has 0 saturated heterocycles. The Bertz CT molecular complexity index is 613. The SMILES string of the molecule is O=C([O-])CNC(=O)NCc1cccc2cccnc12.[K+]. The summed E-state index contributed by atoms with van der Waals surface area (Å²) in [6.45, 7) is -0.243. The van der Waals surface area contributed by atoms with Gasteiger partial charge in [0.15, 0.2) is 0 Å². The van der Waals surface area contributed by atoms with E-state index in [1.165, 1.54) is 0 Å². The van der Waals surface area contributed by atoms with E-state index in [-0.39, 0.29) is 57.9 Å². The maximum absolute atomic E-state index is 11.3. The van der Waals surface area contributed by atoms with Crippen LogP contribution in [-0.4, -0.2) is 23.5 Å². The molecule has 0 saturated carbocycles. The van der Waals surface area contributed by atoms with Gasteiger partial charge in [-0.25, -0.2) is 4.79 Å². The molecular weight excluding hydrogens is 285 g/mol. The molecule has 98 valence electrons. The average molecular weight is 297 g/mol. The first-order valence-electron chi connectivity index (χ1n) is 5.71. The number of aliphatic carboxylic acids is 1. The number of hydrogen-bond donors (Lipinski definition) is 2. The first-order valence-corrected chi connectivity index (χ1v) is 5.71. The number of amides is 2. The molecule has 0 spiro atoms. The smallest absolute Gasteiger partial charge is 0.548 e. The molecule has 0 unspecified atom stereocenters. The Morgan fingerprint density at radius 2 is 1.90 bits per heavy atom. The van der Waals surface area contributed by atoms with E-state index in [4.69, 9.17) is 0 Å². The Kier molecular flexibility index (Phi) is 7.10. The molecule has 0 atom stereocenters. The molecule has 0 radical (unpaired) electrons. The summed E-state index contributed by atoms with van der Waals surface area (Å²) in [5.74, 6) is -1.33. The Balaban J connectivity index is 0.00000200. The van der Waals surface area contributed by atoms with Crippen LogP contribution in [0, 0.1) is 0 Å². The van der Waals surface area contributed by atoms with Gasteiger partial charge in [-0.15, -0.1) is 0 Å². The van der Waals surface area contributed by atoms with Gasteiger partial charge in [-0.2, -0.15) is 0 Å². The zero-order valence-corrected chi connectivity index (χ0v) is 14.2. The molecule has 2 amide bonds. The van der Waals surface area contributed by atoms with Crippen molar-refractivity contribution in [3.05, 3.63) is 42.1 Å². The summed E-state index contributed by atoms with van der Waals surface area (Å²) >= 11 is 0. The molecule has 2 rings (SSSR count). The number of urea groups is 1. The van der Waals surface area contributed by atoms with Crippen molar-refractivity contribution >= 4 is 22.9 Å². The molecule has 0 aliphatic rings. The summed E-state index contributed by atoms with van der Waals surface area (Å²) in [4.78, 5) is 25.8. The van der Waals surface area contributed by atoms with Crippen molar-refractivity contribution in [2.75, 3.05) is 6.54 Å². The number of benzene rings is 1. The molecule has 2 aromatic rings. The Morgan fingerprint density at radius 3 is 2.65 bits per heavy atom. The molecule has 2 N–H and O–H groups in total. The number of carbonyl (C=O) groups is 2. The minimum atomic E-state index is -1.33. The predicted octanol–water partition coefficient (Wildman–Crippen LogP) is -3.21. The largest absolute Gasteiger partial charge is 1.00 e. The van der Waals surface area contributed by atoms with E-state index in [2.05, 4.69) is 15.6 Å². The number of carbonyl (C=O) groups excluding carboxylic acids is 2. The van der Waals surface area contributed by atoms with Gasteiger partial charge in [0.05, 0.1) is 18.0 Å². The number of fused-ring (bicyclic) bond motifs is 1. The second-order valence-electron chi connectivity index (χ2n) is 3.90. The predicted molar refractivity (Wildman–Crippen MR) is 67.0 cm³/mol. The van der Waals surface area contributed by atoms with Crippen molar-refractivity contribution in [2.45, 2.75) is 6.54 Å². The second kappa shape index (κ2) is 8.33. The number of nitrogens with zero attached hydrogens (tertiary/aromatic N) is 1. The van der Waals surface area contributed by atoms with Crippen LogP contribution in [-0.2, 0) is 11.3 Å². The van der Waals surface area contributed by atoms with E-state index in [1.807, 2.05) is 30.3 Å². The summed E-state index contributed by atoms with van der Waals surface area (Å²) in [6.07, 6.45) is 1.68. The number of carboxylic acids is 1. The molecule has 0 aliphatic heterocycles. The molecule has 1 aromatic heterocycles. The molecule has 0 fully saturated rings. The normalized spacial score (nSPS) is 9.60. The van der Waals surface area contributed by atoms with Crippen molar-refractivity contribution in [2.24, 2.45) is 0 Å². The van der Waals surface area contributed by atoms with Crippen LogP contribution in [0.25, 0.3) is 10.9 Å². The third-order valence-corrected chi connectivity index (χ3v) is 2.55. The van der Waals surface area contributed by atoms with Crippen LogP contribution in [0.1, 0.15) is 5.56 Å². The third-order valence-electron chi connectivity index (χ3n) is 2.55. The fourth-order valence-electron chi connectivity index (χ4n) is 1.70. The maximum atomic E-state index is 11.3. The fourth-order valence-corrected chi connectivity index (χ4v) is 1.70. The van der Waals surface area contributed by atoms with Gasteiger partial charge in [-0.3, -0.25) is 4.98 Å². The topological polar surface area (TPSA) is 94.1 Å². The van der Waals surface area contributed by atoms with Gasteiger partial charge in [-0.1, -0.05) is 24.3 Å². The number of para-hydroxylation sites is 1. The number of carboxylic acid groups (broad SMARTS) is 1. The van der Waals surface area contributed by atoms with Gasteiger partial charge in [0.1, 0.15) is 0 Å². The summed E-state index contributed by atoms with van der Waals surface area (Å²) in [5, 5.41) is 15.9. The number of aromatic nitrogens is 1. The maximum Gasteiger partial charge on any atom is 1.00 e. The number of hydrogen-bond acceptors (Lipinski definition) is 4. The molecule has 7 heteroatoms. The van der Waals surface area contributed by atoms with Crippen LogP contribution in [0.5, 0.6) is 0 Å². The number of rotatable bonds is 4. The van der Waals surface area contributed by atoms with Crippen LogP contribution in [0.15, 0.2) is 36.5 Å². The molecule has 6 nitrogen and oxygen atoms in total. The van der Waals surface area contributed by atoms with Crippen LogP contribution in [0.3, 0.4) is 0 Å². The first kappa shape index (κ1) is 17.1. The van der Waals surface area contributed by atoms with Crippen molar-refractivity contribution < 1.29 is 66.1 Å². The van der Waals surface area contributed by atoms with E-state index in [0.717, 1.165) is 16.5 Å². The minimum Gasteiger partial charge on any atom is -0.548 e. The standard InChI is InChI=1S/C13H13N3O3.K/c17-11(18)8-16-13(19)15-7-10-4-1-3-9-5-2-6-14-12(9)10;/h1-6H,7-8H2,(H,17,18)(H2,15,16,19);/q;+1/p-1. The first-order chi connectivity index (χ1) is 9.16. The monoisotopic (exact) mass is 297 g/mol. The quantitative estimate of drug-likeness (QED) is 0.581. The zero-order chi connectivity index (χ0) is 13.7. The summed E-state index contributed by atoms with van der Waals surface area (Å²) in [6, 6.07) is 8.88. The number of nitrogens with one attached hydrogen (secondary N) is 2. The van der Waals surface area contributed by atoms with Crippen LogP contribution in [0.2, 0.25) is 0 Å². The number of pyridine rings is 1. The van der Waals surface area contributed by atoms with E-state index in [0.29, 0.717) is 0 Å². The van der Waals surface area contributed by atoms with Crippen LogP contribution < -0.4 is 67.1 Å². The Morgan fingerprint density at radius 1 is 1.15 bits per heavy atom. The molecule has 1 aromatic carbocycles. The minimum absolute atomic E-state index is 0. The van der Waals surface area contributed by atoms with E-state index >= 15 is 0 Å². The molecule has 0 aliphatic carbocycles. The molecule has 20 heavy (non-hydrogen) atoms. The molecule has 0 bridgehead atoms. The van der Waals surface area contributed by atoms with Gasteiger partial charge in [-0.05, 0) is 11.6 Å². The molecular formula is C13H12KN3O3.